The Labute approximate surface area is 189 Å². The summed E-state index contributed by atoms with van der Waals surface area (Å²) in [6, 6.07) is 4.42. The van der Waals surface area contributed by atoms with Gasteiger partial charge in [-0.05, 0) is 38.9 Å². The minimum Gasteiger partial charge on any atom is -0.391 e. The molecule has 1 aromatic rings. The third kappa shape index (κ3) is 9.30. The number of hydrogen-bond acceptors (Lipinski definition) is 7. The summed E-state index contributed by atoms with van der Waals surface area (Å²) in [5.74, 6) is -1.49. The maximum Gasteiger partial charge on any atom is 0.242 e. The first kappa shape index (κ1) is 27.5. The quantitative estimate of drug-likeness (QED) is 0.131. The van der Waals surface area contributed by atoms with Gasteiger partial charge in [0.2, 0.25) is 21.8 Å². The zero-order valence-electron chi connectivity index (χ0n) is 18.6. The monoisotopic (exact) mass is 470 g/mol. The third-order valence-electron chi connectivity index (χ3n) is 4.59. The molecule has 12 heteroatoms. The van der Waals surface area contributed by atoms with Crippen LogP contribution in [-0.4, -0.2) is 68.7 Å². The van der Waals surface area contributed by atoms with Crippen LogP contribution in [-0.2, 0) is 26.2 Å². The van der Waals surface area contributed by atoms with Crippen LogP contribution in [0.3, 0.4) is 0 Å². The van der Waals surface area contributed by atoms with Crippen molar-refractivity contribution < 1.29 is 23.1 Å². The lowest BCUT2D eigenvalue weighted by molar-refractivity contribution is -0.131. The van der Waals surface area contributed by atoms with E-state index in [4.69, 9.17) is 11.1 Å². The van der Waals surface area contributed by atoms with Crippen LogP contribution in [0.2, 0.25) is 0 Å². The number of nitrogen functional groups attached to an aromatic ring is 1. The van der Waals surface area contributed by atoms with Crippen LogP contribution >= 0.6 is 0 Å². The topological polar surface area (TPSA) is 186 Å². The molecule has 0 aliphatic rings. The standard InChI is InChI=1S/C20H34N6O5S/c1-4-11-32(30,31)26-17(13(2)27)20(29)25-16(9-10-23-3)19(28)24-12-14-5-7-15(8-6-14)18(21)22/h5-8,13,16-17,23,26-27H,4,9-12H2,1-3H3,(H3,21,22)(H,24,28)(H,25,29)/t13?,16-,17+/m0/s1. The van der Waals surface area contributed by atoms with Crippen molar-refractivity contribution in [3.8, 4) is 0 Å². The lowest BCUT2D eigenvalue weighted by atomic mass is 10.1. The average Bonchev–Trinajstić information content (AvgIpc) is 2.73. The number of nitrogens with two attached hydrogens (primary N) is 1. The number of aliphatic hydroxyl groups is 1. The van der Waals surface area contributed by atoms with E-state index in [2.05, 4.69) is 20.7 Å². The number of nitrogens with one attached hydrogen (secondary N) is 5. The molecule has 11 nitrogen and oxygen atoms in total. The maximum absolute atomic E-state index is 12.7. The molecule has 0 aliphatic heterocycles. The molecule has 8 N–H and O–H groups in total. The molecule has 1 rings (SSSR count). The number of carbonyl (C=O) groups is 2. The van der Waals surface area contributed by atoms with Gasteiger partial charge < -0.3 is 26.8 Å². The highest BCUT2D eigenvalue weighted by molar-refractivity contribution is 7.89. The van der Waals surface area contributed by atoms with Crippen LogP contribution < -0.4 is 26.4 Å². The minimum atomic E-state index is -3.76. The number of aliphatic hydroxyl groups excluding tert-OH is 1. The highest BCUT2D eigenvalue weighted by atomic mass is 32.2. The lowest BCUT2D eigenvalue weighted by Gasteiger charge is -2.24. The first-order valence-corrected chi connectivity index (χ1v) is 12.0. The normalized spacial score (nSPS) is 14.2. The van der Waals surface area contributed by atoms with Crippen molar-refractivity contribution in [1.29, 1.82) is 5.41 Å². The molecule has 1 aromatic carbocycles. The Bertz CT molecular complexity index is 873. The maximum atomic E-state index is 12.7. The fraction of sp³-hybridized carbons (Fsp3) is 0.550. The van der Waals surface area contributed by atoms with E-state index in [0.717, 1.165) is 5.56 Å². The number of amides is 2. The molecule has 0 heterocycles. The van der Waals surface area contributed by atoms with Crippen LogP contribution in [0.15, 0.2) is 24.3 Å². The van der Waals surface area contributed by atoms with Crippen LogP contribution in [0.5, 0.6) is 0 Å². The van der Waals surface area contributed by atoms with E-state index in [1.54, 1.807) is 38.2 Å². The second kappa shape index (κ2) is 13.1. The van der Waals surface area contributed by atoms with Crippen molar-refractivity contribution in [1.82, 2.24) is 20.7 Å². The molecule has 32 heavy (non-hydrogen) atoms. The first-order chi connectivity index (χ1) is 15.0. The summed E-state index contributed by atoms with van der Waals surface area (Å²) in [5, 5.41) is 25.5. The molecule has 180 valence electrons. The van der Waals surface area contributed by atoms with Crippen LogP contribution in [0.1, 0.15) is 37.8 Å². The van der Waals surface area contributed by atoms with E-state index >= 15 is 0 Å². The van der Waals surface area contributed by atoms with Crippen molar-refractivity contribution in [3.05, 3.63) is 35.4 Å². The van der Waals surface area contributed by atoms with Crippen molar-refractivity contribution in [2.75, 3.05) is 19.3 Å². The lowest BCUT2D eigenvalue weighted by Crippen LogP contribution is -2.57. The molecule has 3 atom stereocenters. The first-order valence-electron chi connectivity index (χ1n) is 10.3. The molecule has 0 spiro atoms. The van der Waals surface area contributed by atoms with E-state index in [1.165, 1.54) is 6.92 Å². The van der Waals surface area contributed by atoms with Gasteiger partial charge in [-0.2, -0.15) is 0 Å². The minimum absolute atomic E-state index is 0.0577. The van der Waals surface area contributed by atoms with Gasteiger partial charge in [0.05, 0.1) is 11.9 Å². The van der Waals surface area contributed by atoms with E-state index in [9.17, 15) is 23.1 Å². The molecule has 0 fully saturated rings. The van der Waals surface area contributed by atoms with Gasteiger partial charge in [-0.25, -0.2) is 13.1 Å². The Morgan fingerprint density at radius 3 is 2.31 bits per heavy atom. The molecule has 0 aliphatic carbocycles. The van der Waals surface area contributed by atoms with Crippen molar-refractivity contribution in [2.45, 2.75) is 51.4 Å². The Morgan fingerprint density at radius 1 is 1.19 bits per heavy atom. The fourth-order valence-corrected chi connectivity index (χ4v) is 4.17. The summed E-state index contributed by atoms with van der Waals surface area (Å²) in [5.41, 5.74) is 6.76. The molecule has 2 amide bonds. The SMILES string of the molecule is CCCS(=O)(=O)N[C@@H](C(=O)N[C@@H](CCNC)C(=O)NCc1ccc(C(=N)N)cc1)C(C)O. The summed E-state index contributed by atoms with van der Waals surface area (Å²) < 4.78 is 26.3. The van der Waals surface area contributed by atoms with Crippen LogP contribution in [0.25, 0.3) is 0 Å². The predicted octanol–water partition coefficient (Wildman–Crippen LogP) is -1.24. The van der Waals surface area contributed by atoms with Gasteiger partial charge in [0.1, 0.15) is 17.9 Å². The molecule has 0 radical (unpaired) electrons. The van der Waals surface area contributed by atoms with Gasteiger partial charge >= 0.3 is 0 Å². The average molecular weight is 471 g/mol. The zero-order chi connectivity index (χ0) is 24.3. The Balaban J connectivity index is 2.85. The number of amidine groups is 1. The molecule has 0 aromatic heterocycles. The highest BCUT2D eigenvalue weighted by Gasteiger charge is 2.31. The van der Waals surface area contributed by atoms with Gasteiger partial charge in [0, 0.05) is 12.1 Å². The van der Waals surface area contributed by atoms with Gasteiger partial charge in [-0.15, -0.1) is 0 Å². The van der Waals surface area contributed by atoms with Crippen molar-refractivity contribution >= 4 is 27.7 Å². The number of carbonyl (C=O) groups excluding carboxylic acids is 2. The largest absolute Gasteiger partial charge is 0.391 e. The summed E-state index contributed by atoms with van der Waals surface area (Å²) in [6.45, 7) is 3.59. The molecular weight excluding hydrogens is 436 g/mol. The van der Waals surface area contributed by atoms with Gasteiger partial charge in [0.15, 0.2) is 0 Å². The highest BCUT2D eigenvalue weighted by Crippen LogP contribution is 2.05. The van der Waals surface area contributed by atoms with Crippen molar-refractivity contribution in [2.24, 2.45) is 5.73 Å². The smallest absolute Gasteiger partial charge is 0.242 e. The van der Waals surface area contributed by atoms with E-state index in [-0.39, 0.29) is 24.6 Å². The molecule has 0 bridgehead atoms. The van der Waals surface area contributed by atoms with Crippen molar-refractivity contribution in [3.63, 3.8) is 0 Å². The summed E-state index contributed by atoms with van der Waals surface area (Å²) in [7, 11) is -2.06. The third-order valence-corrected chi connectivity index (χ3v) is 6.15. The van der Waals surface area contributed by atoms with Crippen LogP contribution in [0.4, 0.5) is 0 Å². The van der Waals surface area contributed by atoms with Crippen LogP contribution in [0, 0.1) is 5.41 Å². The number of benzene rings is 1. The molecule has 0 saturated heterocycles. The summed E-state index contributed by atoms with van der Waals surface area (Å²) in [4.78, 5) is 25.4. The number of rotatable bonds is 14. The molecule has 0 saturated carbocycles. The molecule has 1 unspecified atom stereocenters. The molecular formula is C20H34N6O5S. The number of sulfonamides is 1. The second-order valence-electron chi connectivity index (χ2n) is 7.44. The Morgan fingerprint density at radius 2 is 1.81 bits per heavy atom. The second-order valence-corrected chi connectivity index (χ2v) is 9.31. The van der Waals surface area contributed by atoms with E-state index in [1.807, 2.05) is 0 Å². The van der Waals surface area contributed by atoms with Gasteiger partial charge in [-0.1, -0.05) is 31.2 Å². The fourth-order valence-electron chi connectivity index (χ4n) is 2.83. The van der Waals surface area contributed by atoms with Gasteiger partial charge in [0.25, 0.3) is 0 Å². The van der Waals surface area contributed by atoms with Gasteiger partial charge in [-0.3, -0.25) is 15.0 Å². The predicted molar refractivity (Wildman–Crippen MR) is 122 cm³/mol. The Kier molecular flexibility index (Phi) is 11.3. The zero-order valence-corrected chi connectivity index (χ0v) is 19.5. The summed E-state index contributed by atoms with van der Waals surface area (Å²) >= 11 is 0. The Hall–Kier alpha value is -2.54. The van der Waals surface area contributed by atoms with E-state index < -0.39 is 40.0 Å². The number of hydrogen-bond donors (Lipinski definition) is 7. The summed E-state index contributed by atoms with van der Waals surface area (Å²) in [6.07, 6.45) is -0.690. The van der Waals surface area contributed by atoms with E-state index in [0.29, 0.717) is 18.5 Å².